The second-order valence-corrected chi connectivity index (χ2v) is 7.89. The van der Waals surface area contributed by atoms with Gasteiger partial charge in [-0.3, -0.25) is 4.79 Å². The maximum absolute atomic E-state index is 14.0. The number of anilines is 1. The standard InChI is InChI=1S/C20H28FN3O/c1-13-7-8-17(21)16-12-18(23-19(13)16)20(25)22-14-5-4-6-15(11-14)24-9-2-3-10-24/h7-8,14-15,18,23H,2-6,9-12H2,1H3,(H,22,25)/t14-,15-,18?/m1/s1. The van der Waals surface area contributed by atoms with Crippen molar-refractivity contribution in [2.24, 2.45) is 0 Å². The van der Waals surface area contributed by atoms with Crippen molar-refractivity contribution in [2.75, 3.05) is 18.4 Å². The normalized spacial score (nSPS) is 29.3. The second-order valence-electron chi connectivity index (χ2n) is 7.89. The first-order valence-corrected chi connectivity index (χ1v) is 9.71. The average Bonchev–Trinajstić information content (AvgIpc) is 3.28. The Morgan fingerprint density at radius 3 is 2.80 bits per heavy atom. The van der Waals surface area contributed by atoms with Crippen molar-refractivity contribution >= 4 is 11.6 Å². The van der Waals surface area contributed by atoms with E-state index in [4.69, 9.17) is 0 Å². The third kappa shape index (κ3) is 3.39. The number of nitrogens with one attached hydrogen (secondary N) is 2. The zero-order valence-electron chi connectivity index (χ0n) is 15.0. The first-order chi connectivity index (χ1) is 12.1. The molecule has 5 heteroatoms. The SMILES string of the molecule is Cc1ccc(F)c2c1NC(C(=O)N[C@@H]1CCC[C@@H](N3CCCC3)C1)C2. The molecule has 1 aromatic carbocycles. The van der Waals surface area contributed by atoms with Crippen LogP contribution in [0.25, 0.3) is 0 Å². The summed E-state index contributed by atoms with van der Waals surface area (Å²) in [6.45, 7) is 4.38. The van der Waals surface area contributed by atoms with E-state index in [2.05, 4.69) is 15.5 Å². The number of benzene rings is 1. The first-order valence-electron chi connectivity index (χ1n) is 9.71. The summed E-state index contributed by atoms with van der Waals surface area (Å²) >= 11 is 0. The van der Waals surface area contributed by atoms with Crippen LogP contribution in [-0.4, -0.2) is 42.0 Å². The van der Waals surface area contributed by atoms with Crippen LogP contribution in [0.15, 0.2) is 12.1 Å². The predicted octanol–water partition coefficient (Wildman–Crippen LogP) is 2.99. The molecule has 1 saturated carbocycles. The van der Waals surface area contributed by atoms with E-state index in [1.807, 2.05) is 6.92 Å². The van der Waals surface area contributed by atoms with Crippen molar-refractivity contribution in [1.82, 2.24) is 10.2 Å². The number of likely N-dealkylation sites (tertiary alicyclic amines) is 1. The van der Waals surface area contributed by atoms with Gasteiger partial charge in [0.1, 0.15) is 11.9 Å². The summed E-state index contributed by atoms with van der Waals surface area (Å²) in [6.07, 6.45) is 7.60. The molecule has 0 spiro atoms. The lowest BCUT2D eigenvalue weighted by atomic mass is 9.90. The number of carbonyl (C=O) groups is 1. The van der Waals surface area contributed by atoms with Crippen molar-refractivity contribution in [3.63, 3.8) is 0 Å². The molecule has 2 heterocycles. The van der Waals surface area contributed by atoms with E-state index >= 15 is 0 Å². The van der Waals surface area contributed by atoms with E-state index in [1.165, 1.54) is 44.8 Å². The van der Waals surface area contributed by atoms with Crippen LogP contribution >= 0.6 is 0 Å². The van der Waals surface area contributed by atoms with Crippen LogP contribution in [0, 0.1) is 12.7 Å². The van der Waals surface area contributed by atoms with E-state index in [0.29, 0.717) is 18.0 Å². The summed E-state index contributed by atoms with van der Waals surface area (Å²) in [7, 11) is 0. The first kappa shape index (κ1) is 16.8. The fourth-order valence-corrected chi connectivity index (χ4v) is 4.76. The molecule has 1 aromatic rings. The number of hydrogen-bond donors (Lipinski definition) is 2. The Balaban J connectivity index is 1.36. The molecule has 0 bridgehead atoms. The van der Waals surface area contributed by atoms with Gasteiger partial charge in [0, 0.05) is 29.8 Å². The van der Waals surface area contributed by atoms with Gasteiger partial charge in [-0.2, -0.15) is 0 Å². The van der Waals surface area contributed by atoms with Crippen LogP contribution < -0.4 is 10.6 Å². The topological polar surface area (TPSA) is 44.4 Å². The highest BCUT2D eigenvalue weighted by atomic mass is 19.1. The van der Waals surface area contributed by atoms with Gasteiger partial charge < -0.3 is 15.5 Å². The minimum atomic E-state index is -0.349. The maximum Gasteiger partial charge on any atom is 0.243 e. The number of hydrogen-bond acceptors (Lipinski definition) is 3. The van der Waals surface area contributed by atoms with Crippen LogP contribution in [0.4, 0.5) is 10.1 Å². The monoisotopic (exact) mass is 345 g/mol. The van der Waals surface area contributed by atoms with E-state index in [1.54, 1.807) is 6.07 Å². The molecule has 4 rings (SSSR count). The van der Waals surface area contributed by atoms with Gasteiger partial charge in [-0.15, -0.1) is 0 Å². The zero-order valence-corrected chi connectivity index (χ0v) is 15.0. The third-order valence-electron chi connectivity index (χ3n) is 6.16. The molecule has 25 heavy (non-hydrogen) atoms. The highest BCUT2D eigenvalue weighted by Crippen LogP contribution is 2.32. The quantitative estimate of drug-likeness (QED) is 0.885. The van der Waals surface area contributed by atoms with Crippen LogP contribution in [0.3, 0.4) is 0 Å². The zero-order chi connectivity index (χ0) is 17.4. The molecule has 3 atom stereocenters. The molecule has 2 fully saturated rings. The van der Waals surface area contributed by atoms with Crippen molar-refractivity contribution in [1.29, 1.82) is 0 Å². The van der Waals surface area contributed by atoms with Crippen molar-refractivity contribution in [3.8, 4) is 0 Å². The molecule has 1 amide bonds. The van der Waals surface area contributed by atoms with Crippen LogP contribution in [0.1, 0.15) is 49.7 Å². The van der Waals surface area contributed by atoms with Crippen molar-refractivity contribution in [3.05, 3.63) is 29.1 Å². The van der Waals surface area contributed by atoms with Crippen LogP contribution in [0.2, 0.25) is 0 Å². The molecule has 0 radical (unpaired) electrons. The maximum atomic E-state index is 14.0. The Morgan fingerprint density at radius 2 is 2.04 bits per heavy atom. The van der Waals surface area contributed by atoms with Gasteiger partial charge in [0.05, 0.1) is 0 Å². The number of amides is 1. The number of halogens is 1. The van der Waals surface area contributed by atoms with Crippen molar-refractivity contribution in [2.45, 2.75) is 70.0 Å². The summed E-state index contributed by atoms with van der Waals surface area (Å²) in [5, 5.41) is 6.47. The number of carbonyl (C=O) groups excluding carboxylic acids is 1. The van der Waals surface area contributed by atoms with Crippen LogP contribution in [0.5, 0.6) is 0 Å². The van der Waals surface area contributed by atoms with Crippen LogP contribution in [-0.2, 0) is 11.2 Å². The Hall–Kier alpha value is -1.62. The highest BCUT2D eigenvalue weighted by molar-refractivity contribution is 5.88. The molecule has 0 aromatic heterocycles. The highest BCUT2D eigenvalue weighted by Gasteiger charge is 2.33. The number of fused-ring (bicyclic) bond motifs is 1. The molecule has 1 saturated heterocycles. The predicted molar refractivity (Wildman–Crippen MR) is 97.2 cm³/mol. The lowest BCUT2D eigenvalue weighted by Crippen LogP contribution is -2.48. The minimum Gasteiger partial charge on any atom is -0.373 e. The largest absolute Gasteiger partial charge is 0.373 e. The second kappa shape index (κ2) is 6.94. The Kier molecular flexibility index (Phi) is 4.67. The number of aryl methyl sites for hydroxylation is 1. The summed E-state index contributed by atoms with van der Waals surface area (Å²) in [4.78, 5) is 15.3. The van der Waals surface area contributed by atoms with Gasteiger partial charge in [0.25, 0.3) is 0 Å². The lowest BCUT2D eigenvalue weighted by molar-refractivity contribution is -0.122. The van der Waals surface area contributed by atoms with Gasteiger partial charge in [-0.25, -0.2) is 4.39 Å². The van der Waals surface area contributed by atoms with E-state index in [0.717, 1.165) is 24.1 Å². The minimum absolute atomic E-state index is 0.0158. The number of nitrogens with zero attached hydrogens (tertiary/aromatic N) is 1. The molecule has 1 unspecified atom stereocenters. The van der Waals surface area contributed by atoms with Gasteiger partial charge in [0.15, 0.2) is 0 Å². The lowest BCUT2D eigenvalue weighted by Gasteiger charge is -2.35. The summed E-state index contributed by atoms with van der Waals surface area (Å²) in [5.74, 6) is -0.197. The van der Waals surface area contributed by atoms with Gasteiger partial charge in [-0.1, -0.05) is 6.07 Å². The average molecular weight is 345 g/mol. The van der Waals surface area contributed by atoms with E-state index < -0.39 is 0 Å². The van der Waals surface area contributed by atoms with E-state index in [9.17, 15) is 9.18 Å². The molecular weight excluding hydrogens is 317 g/mol. The van der Waals surface area contributed by atoms with E-state index in [-0.39, 0.29) is 23.8 Å². The van der Waals surface area contributed by atoms with Gasteiger partial charge in [0.2, 0.25) is 5.91 Å². The Bertz CT molecular complexity index is 626. The molecule has 2 N–H and O–H groups in total. The van der Waals surface area contributed by atoms with Crippen molar-refractivity contribution < 1.29 is 9.18 Å². The smallest absolute Gasteiger partial charge is 0.243 e. The summed E-state index contributed by atoms with van der Waals surface area (Å²) in [5.41, 5.74) is 2.45. The summed E-state index contributed by atoms with van der Waals surface area (Å²) in [6, 6.07) is 3.79. The fraction of sp³-hybridized carbons (Fsp3) is 0.650. The third-order valence-corrected chi connectivity index (χ3v) is 6.16. The fourth-order valence-electron chi connectivity index (χ4n) is 4.76. The molecule has 2 aliphatic heterocycles. The van der Waals surface area contributed by atoms with Gasteiger partial charge in [-0.05, 0) is 70.2 Å². The van der Waals surface area contributed by atoms with Gasteiger partial charge >= 0.3 is 0 Å². The molecule has 136 valence electrons. The Labute approximate surface area is 149 Å². The molecular formula is C20H28FN3O. The number of rotatable bonds is 3. The molecule has 3 aliphatic rings. The summed E-state index contributed by atoms with van der Waals surface area (Å²) < 4.78 is 14.0. The molecule has 4 nitrogen and oxygen atoms in total. The molecule has 1 aliphatic carbocycles. The Morgan fingerprint density at radius 1 is 1.24 bits per heavy atom.